The van der Waals surface area contributed by atoms with E-state index in [4.69, 9.17) is 0 Å². The summed E-state index contributed by atoms with van der Waals surface area (Å²) in [6, 6.07) is 3.92. The van der Waals surface area contributed by atoms with E-state index in [1.54, 1.807) is 0 Å². The summed E-state index contributed by atoms with van der Waals surface area (Å²) in [5.41, 5.74) is 0.588. The molecule has 0 saturated carbocycles. The molecular formula is C15H22FNO2S2. The van der Waals surface area contributed by atoms with Crippen molar-refractivity contribution in [2.75, 3.05) is 24.3 Å². The van der Waals surface area contributed by atoms with Gasteiger partial charge >= 0.3 is 0 Å². The summed E-state index contributed by atoms with van der Waals surface area (Å²) in [5, 5.41) is 3.38. The van der Waals surface area contributed by atoms with E-state index in [2.05, 4.69) is 11.6 Å². The van der Waals surface area contributed by atoms with Crippen LogP contribution in [0.4, 0.5) is 4.39 Å². The van der Waals surface area contributed by atoms with Crippen LogP contribution in [0.5, 0.6) is 0 Å². The van der Waals surface area contributed by atoms with E-state index >= 15 is 0 Å². The maximum Gasteiger partial charge on any atom is 0.178 e. The first-order valence-electron chi connectivity index (χ1n) is 7.29. The largest absolute Gasteiger partial charge is 0.310 e. The van der Waals surface area contributed by atoms with Crippen molar-refractivity contribution < 1.29 is 12.8 Å². The standard InChI is InChI=1S/C15H22FNO2S2/c1-20-9-4-2-3-8-17-14-7-10-21(18,19)15-6-5-12(16)11-13(14)15/h5-6,11,14,17H,2-4,7-10H2,1H3. The molecule has 1 aliphatic rings. The second kappa shape index (κ2) is 7.61. The van der Waals surface area contributed by atoms with Crippen LogP contribution in [0.1, 0.15) is 37.3 Å². The summed E-state index contributed by atoms with van der Waals surface area (Å²) in [6.07, 6.45) is 6.05. The van der Waals surface area contributed by atoms with Gasteiger partial charge in [-0.05, 0) is 61.6 Å². The van der Waals surface area contributed by atoms with Crippen LogP contribution in [-0.2, 0) is 9.84 Å². The van der Waals surface area contributed by atoms with Gasteiger partial charge in [0.25, 0.3) is 0 Å². The predicted molar refractivity (Wildman–Crippen MR) is 86.0 cm³/mol. The van der Waals surface area contributed by atoms with Crippen molar-refractivity contribution in [2.45, 2.75) is 36.6 Å². The van der Waals surface area contributed by atoms with Gasteiger partial charge in [-0.3, -0.25) is 0 Å². The fourth-order valence-electron chi connectivity index (χ4n) is 2.65. The van der Waals surface area contributed by atoms with Gasteiger partial charge in [0.1, 0.15) is 5.82 Å². The molecule has 0 aromatic heterocycles. The maximum atomic E-state index is 13.4. The number of rotatable bonds is 7. The zero-order chi connectivity index (χ0) is 15.3. The monoisotopic (exact) mass is 331 g/mol. The minimum Gasteiger partial charge on any atom is -0.310 e. The number of unbranched alkanes of at least 4 members (excludes halogenated alkanes) is 2. The molecule has 1 aliphatic heterocycles. The molecule has 0 amide bonds. The number of nitrogens with one attached hydrogen (secondary N) is 1. The Morgan fingerprint density at radius 1 is 1.33 bits per heavy atom. The van der Waals surface area contributed by atoms with Crippen molar-refractivity contribution in [3.63, 3.8) is 0 Å². The Labute approximate surface area is 130 Å². The molecule has 1 N–H and O–H groups in total. The van der Waals surface area contributed by atoms with Gasteiger partial charge in [-0.25, -0.2) is 12.8 Å². The molecule has 2 rings (SSSR count). The summed E-state index contributed by atoms with van der Waals surface area (Å²) in [5.74, 6) is 0.934. The first-order valence-corrected chi connectivity index (χ1v) is 10.3. The van der Waals surface area contributed by atoms with E-state index in [9.17, 15) is 12.8 Å². The molecule has 1 aromatic rings. The lowest BCUT2D eigenvalue weighted by Crippen LogP contribution is -2.30. The van der Waals surface area contributed by atoms with Gasteiger partial charge in [0.2, 0.25) is 0 Å². The van der Waals surface area contributed by atoms with E-state index in [1.807, 2.05) is 11.8 Å². The van der Waals surface area contributed by atoms with Crippen LogP contribution >= 0.6 is 11.8 Å². The van der Waals surface area contributed by atoms with Gasteiger partial charge in [-0.15, -0.1) is 0 Å². The van der Waals surface area contributed by atoms with Gasteiger partial charge in [0, 0.05) is 6.04 Å². The second-order valence-electron chi connectivity index (χ2n) is 5.35. The van der Waals surface area contributed by atoms with Crippen molar-refractivity contribution in [3.8, 4) is 0 Å². The van der Waals surface area contributed by atoms with Gasteiger partial charge in [0.05, 0.1) is 10.6 Å². The molecule has 1 heterocycles. The quantitative estimate of drug-likeness (QED) is 0.616. The Bertz CT molecular complexity index is 575. The number of benzene rings is 1. The predicted octanol–water partition coefficient (Wildman–Crippen LogP) is 3.17. The fraction of sp³-hybridized carbons (Fsp3) is 0.600. The van der Waals surface area contributed by atoms with E-state index in [1.165, 1.54) is 30.4 Å². The molecule has 0 saturated heterocycles. The number of sulfone groups is 1. The molecule has 1 unspecified atom stereocenters. The molecule has 118 valence electrons. The van der Waals surface area contributed by atoms with E-state index in [0.29, 0.717) is 12.0 Å². The molecule has 0 radical (unpaired) electrons. The van der Waals surface area contributed by atoms with Crippen molar-refractivity contribution >= 4 is 21.6 Å². The molecule has 0 aliphatic carbocycles. The van der Waals surface area contributed by atoms with Gasteiger partial charge in [0.15, 0.2) is 9.84 Å². The molecule has 0 spiro atoms. The average Bonchev–Trinajstić information content (AvgIpc) is 2.44. The first kappa shape index (κ1) is 16.8. The number of fused-ring (bicyclic) bond motifs is 1. The number of thioether (sulfide) groups is 1. The molecule has 3 nitrogen and oxygen atoms in total. The van der Waals surface area contributed by atoms with Crippen molar-refractivity contribution in [3.05, 3.63) is 29.6 Å². The Morgan fingerprint density at radius 3 is 2.90 bits per heavy atom. The number of halogens is 1. The zero-order valence-electron chi connectivity index (χ0n) is 12.3. The Kier molecular flexibility index (Phi) is 6.08. The Morgan fingerprint density at radius 2 is 2.14 bits per heavy atom. The Hall–Kier alpha value is -0.590. The van der Waals surface area contributed by atoms with Crippen LogP contribution in [0.3, 0.4) is 0 Å². The maximum absolute atomic E-state index is 13.4. The third-order valence-corrected chi connectivity index (χ3v) is 6.29. The van der Waals surface area contributed by atoms with Crippen LogP contribution < -0.4 is 5.32 Å². The molecule has 1 atom stereocenters. The van der Waals surface area contributed by atoms with E-state index in [0.717, 1.165) is 19.4 Å². The molecule has 21 heavy (non-hydrogen) atoms. The molecule has 6 heteroatoms. The summed E-state index contributed by atoms with van der Waals surface area (Å²) < 4.78 is 37.5. The summed E-state index contributed by atoms with van der Waals surface area (Å²) >= 11 is 1.85. The third-order valence-electron chi connectivity index (χ3n) is 3.77. The van der Waals surface area contributed by atoms with Gasteiger partial charge < -0.3 is 5.32 Å². The SMILES string of the molecule is CSCCCCCNC1CCS(=O)(=O)c2ccc(F)cc21. The highest BCUT2D eigenvalue weighted by Crippen LogP contribution is 2.32. The molecule has 0 fully saturated rings. The van der Waals surface area contributed by atoms with Crippen LogP contribution in [0.25, 0.3) is 0 Å². The van der Waals surface area contributed by atoms with Crippen molar-refractivity contribution in [2.24, 2.45) is 0 Å². The number of hydrogen-bond acceptors (Lipinski definition) is 4. The van der Waals surface area contributed by atoms with Crippen LogP contribution in [0, 0.1) is 5.82 Å². The Balaban J connectivity index is 1.98. The fourth-order valence-corrected chi connectivity index (χ4v) is 4.74. The normalized spacial score (nSPS) is 20.2. The highest BCUT2D eigenvalue weighted by Gasteiger charge is 2.30. The minimum absolute atomic E-state index is 0.0558. The van der Waals surface area contributed by atoms with Gasteiger partial charge in [-0.2, -0.15) is 11.8 Å². The van der Waals surface area contributed by atoms with Crippen LogP contribution in [0.15, 0.2) is 23.1 Å². The van der Waals surface area contributed by atoms with Crippen LogP contribution in [-0.4, -0.2) is 32.7 Å². The average molecular weight is 331 g/mol. The summed E-state index contributed by atoms with van der Waals surface area (Å²) in [4.78, 5) is 0.287. The second-order valence-corrected chi connectivity index (χ2v) is 8.41. The van der Waals surface area contributed by atoms with Crippen molar-refractivity contribution in [1.82, 2.24) is 5.32 Å². The van der Waals surface area contributed by atoms with E-state index in [-0.39, 0.29) is 22.5 Å². The van der Waals surface area contributed by atoms with Crippen molar-refractivity contribution in [1.29, 1.82) is 0 Å². The van der Waals surface area contributed by atoms with Crippen LogP contribution in [0.2, 0.25) is 0 Å². The topological polar surface area (TPSA) is 46.2 Å². The molecule has 1 aromatic carbocycles. The lowest BCUT2D eigenvalue weighted by molar-refractivity contribution is 0.477. The highest BCUT2D eigenvalue weighted by molar-refractivity contribution is 7.98. The smallest absolute Gasteiger partial charge is 0.178 e. The lowest BCUT2D eigenvalue weighted by atomic mass is 10.0. The summed E-state index contributed by atoms with van der Waals surface area (Å²) in [6.45, 7) is 0.842. The molecule has 0 bridgehead atoms. The highest BCUT2D eigenvalue weighted by atomic mass is 32.2. The third kappa shape index (κ3) is 4.44. The van der Waals surface area contributed by atoms with E-state index < -0.39 is 9.84 Å². The first-order chi connectivity index (χ1) is 10.0. The minimum atomic E-state index is -3.24. The number of hydrogen-bond donors (Lipinski definition) is 1. The zero-order valence-corrected chi connectivity index (χ0v) is 13.9. The molecular weight excluding hydrogens is 309 g/mol. The summed E-state index contributed by atoms with van der Waals surface area (Å²) in [7, 11) is -3.24. The lowest BCUT2D eigenvalue weighted by Gasteiger charge is -2.26. The van der Waals surface area contributed by atoms with Gasteiger partial charge in [-0.1, -0.05) is 6.42 Å².